The van der Waals surface area contributed by atoms with Crippen molar-refractivity contribution in [2.24, 2.45) is 0 Å². The van der Waals surface area contributed by atoms with Gasteiger partial charge >= 0.3 is 0 Å². The van der Waals surface area contributed by atoms with Crippen LogP contribution in [0.2, 0.25) is 0 Å². The van der Waals surface area contributed by atoms with Gasteiger partial charge in [-0.2, -0.15) is 0 Å². The molecular formula is C15H24N4O. The van der Waals surface area contributed by atoms with E-state index >= 15 is 0 Å². The zero-order chi connectivity index (χ0) is 15.4. The van der Waals surface area contributed by atoms with Crippen molar-refractivity contribution in [3.63, 3.8) is 0 Å². The molecule has 5 nitrogen and oxygen atoms in total. The second-order valence-electron chi connectivity index (χ2n) is 3.99. The first kappa shape index (κ1) is 18.0. The molecule has 0 fully saturated rings. The molecule has 0 radical (unpaired) electrons. The van der Waals surface area contributed by atoms with Crippen LogP contribution in [0.15, 0.2) is 31.0 Å². The number of rotatable bonds is 2. The molecule has 0 amide bonds. The summed E-state index contributed by atoms with van der Waals surface area (Å²) in [5, 5.41) is 0. The number of aryl methyl sites for hydroxylation is 1. The standard InChI is InChI=1S/C8H12N2O.C5H6N2.C2H6/c1-6(2)7-4-10-8(11-3)5-9-7;1-5-4-6-2-3-7-5;1-2/h4-6H,1-3H3;2-4H,1H3;1-2H3. The predicted molar refractivity (Wildman–Crippen MR) is 80.8 cm³/mol. The van der Waals surface area contributed by atoms with E-state index in [2.05, 4.69) is 33.8 Å². The predicted octanol–water partition coefficient (Wildman–Crippen LogP) is 3.42. The monoisotopic (exact) mass is 276 g/mol. The van der Waals surface area contributed by atoms with E-state index in [1.807, 2.05) is 20.8 Å². The topological polar surface area (TPSA) is 60.8 Å². The molecule has 0 aliphatic heterocycles. The van der Waals surface area contributed by atoms with Crippen LogP contribution in [0.5, 0.6) is 5.88 Å². The largest absolute Gasteiger partial charge is 0.480 e. The number of hydrogen-bond acceptors (Lipinski definition) is 5. The molecule has 5 heteroatoms. The van der Waals surface area contributed by atoms with Crippen LogP contribution >= 0.6 is 0 Å². The Balaban J connectivity index is 0.000000345. The van der Waals surface area contributed by atoms with Crippen LogP contribution in [0, 0.1) is 6.92 Å². The molecule has 0 saturated heterocycles. The fourth-order valence-corrected chi connectivity index (χ4v) is 1.10. The molecule has 0 saturated carbocycles. The number of hydrogen-bond donors (Lipinski definition) is 0. The summed E-state index contributed by atoms with van der Waals surface area (Å²) in [6, 6.07) is 0. The van der Waals surface area contributed by atoms with Crippen molar-refractivity contribution in [1.82, 2.24) is 19.9 Å². The summed E-state index contributed by atoms with van der Waals surface area (Å²) in [5.41, 5.74) is 1.95. The Bertz CT molecular complexity index is 443. The van der Waals surface area contributed by atoms with E-state index in [-0.39, 0.29) is 0 Å². The zero-order valence-corrected chi connectivity index (χ0v) is 13.2. The molecule has 0 atom stereocenters. The van der Waals surface area contributed by atoms with E-state index < -0.39 is 0 Å². The van der Waals surface area contributed by atoms with Crippen LogP contribution in [0.3, 0.4) is 0 Å². The summed E-state index contributed by atoms with van der Waals surface area (Å²) >= 11 is 0. The SMILES string of the molecule is CC.COc1cnc(C(C)C)cn1.Cc1cnccn1. The van der Waals surface area contributed by atoms with Gasteiger partial charge in [-0.05, 0) is 12.8 Å². The maximum Gasteiger partial charge on any atom is 0.231 e. The Morgan fingerprint density at radius 1 is 0.950 bits per heavy atom. The molecule has 0 aromatic carbocycles. The van der Waals surface area contributed by atoms with Crippen LogP contribution in [0.4, 0.5) is 0 Å². The molecule has 2 heterocycles. The van der Waals surface area contributed by atoms with Gasteiger partial charge < -0.3 is 4.74 Å². The van der Waals surface area contributed by atoms with E-state index in [0.717, 1.165) is 11.4 Å². The molecule has 0 spiro atoms. The quantitative estimate of drug-likeness (QED) is 0.841. The van der Waals surface area contributed by atoms with Gasteiger partial charge in [0.25, 0.3) is 0 Å². The number of methoxy groups -OCH3 is 1. The molecule has 2 rings (SSSR count). The molecule has 0 bridgehead atoms. The highest BCUT2D eigenvalue weighted by Crippen LogP contribution is 2.11. The Morgan fingerprint density at radius 2 is 1.65 bits per heavy atom. The lowest BCUT2D eigenvalue weighted by molar-refractivity contribution is 0.395. The van der Waals surface area contributed by atoms with Crippen LogP contribution in [0.1, 0.15) is 45.0 Å². The average Bonchev–Trinajstić information content (AvgIpc) is 2.51. The summed E-state index contributed by atoms with van der Waals surface area (Å²) in [6.07, 6.45) is 8.43. The van der Waals surface area contributed by atoms with Gasteiger partial charge in [-0.3, -0.25) is 15.0 Å². The molecular weight excluding hydrogens is 252 g/mol. The number of ether oxygens (including phenoxy) is 1. The molecule has 110 valence electrons. The molecule has 20 heavy (non-hydrogen) atoms. The van der Waals surface area contributed by atoms with E-state index in [4.69, 9.17) is 4.74 Å². The van der Waals surface area contributed by atoms with Crippen molar-refractivity contribution in [3.05, 3.63) is 42.4 Å². The van der Waals surface area contributed by atoms with Crippen molar-refractivity contribution in [3.8, 4) is 5.88 Å². The van der Waals surface area contributed by atoms with E-state index in [1.54, 1.807) is 38.1 Å². The lowest BCUT2D eigenvalue weighted by Gasteiger charge is -2.03. The highest BCUT2D eigenvalue weighted by molar-refractivity contribution is 5.09. The van der Waals surface area contributed by atoms with E-state index in [0.29, 0.717) is 11.8 Å². The second kappa shape index (κ2) is 10.8. The third-order valence-corrected chi connectivity index (χ3v) is 2.14. The van der Waals surface area contributed by atoms with Gasteiger partial charge in [0.15, 0.2) is 0 Å². The highest BCUT2D eigenvalue weighted by Gasteiger charge is 2.00. The number of aromatic nitrogens is 4. The average molecular weight is 276 g/mol. The van der Waals surface area contributed by atoms with Gasteiger partial charge in [0.2, 0.25) is 5.88 Å². The van der Waals surface area contributed by atoms with Crippen molar-refractivity contribution < 1.29 is 4.74 Å². The summed E-state index contributed by atoms with van der Waals surface area (Å²) in [6.45, 7) is 10.1. The molecule has 2 aromatic rings. The van der Waals surface area contributed by atoms with Gasteiger partial charge in [-0.15, -0.1) is 0 Å². The third kappa shape index (κ3) is 7.41. The highest BCUT2D eigenvalue weighted by atomic mass is 16.5. The fraction of sp³-hybridized carbons (Fsp3) is 0.467. The molecule has 0 unspecified atom stereocenters. The summed E-state index contributed by atoms with van der Waals surface area (Å²) in [4.78, 5) is 15.9. The Hall–Kier alpha value is -2.04. The first-order chi connectivity index (χ1) is 9.63. The number of nitrogens with zero attached hydrogens (tertiary/aromatic N) is 4. The van der Waals surface area contributed by atoms with Crippen LogP contribution < -0.4 is 4.74 Å². The summed E-state index contributed by atoms with van der Waals surface area (Å²) in [5.74, 6) is 0.989. The normalized spacial score (nSPS) is 8.95. The first-order valence-electron chi connectivity index (χ1n) is 6.72. The van der Waals surface area contributed by atoms with Crippen molar-refractivity contribution in [2.45, 2.75) is 40.5 Å². The lowest BCUT2D eigenvalue weighted by Crippen LogP contribution is -1.95. The van der Waals surface area contributed by atoms with Gasteiger partial charge in [-0.25, -0.2) is 4.98 Å². The van der Waals surface area contributed by atoms with Gasteiger partial charge in [-0.1, -0.05) is 27.7 Å². The second-order valence-corrected chi connectivity index (χ2v) is 3.99. The first-order valence-corrected chi connectivity index (χ1v) is 6.72. The lowest BCUT2D eigenvalue weighted by atomic mass is 10.1. The van der Waals surface area contributed by atoms with Crippen LogP contribution in [0.25, 0.3) is 0 Å². The Kier molecular flexibility index (Phi) is 9.74. The Morgan fingerprint density at radius 3 is 1.95 bits per heavy atom. The minimum absolute atomic E-state index is 0.424. The Labute approximate surface area is 121 Å². The summed E-state index contributed by atoms with van der Waals surface area (Å²) < 4.78 is 4.88. The zero-order valence-electron chi connectivity index (χ0n) is 13.2. The maximum absolute atomic E-state index is 4.88. The molecule has 0 aliphatic carbocycles. The third-order valence-electron chi connectivity index (χ3n) is 2.14. The van der Waals surface area contributed by atoms with Crippen molar-refractivity contribution in [2.75, 3.05) is 7.11 Å². The summed E-state index contributed by atoms with van der Waals surface area (Å²) in [7, 11) is 1.58. The van der Waals surface area contributed by atoms with Gasteiger partial charge in [0, 0.05) is 18.6 Å². The molecule has 2 aromatic heterocycles. The maximum atomic E-state index is 4.88. The van der Waals surface area contributed by atoms with Crippen LogP contribution in [-0.2, 0) is 0 Å². The molecule has 0 aliphatic rings. The minimum atomic E-state index is 0.424. The van der Waals surface area contributed by atoms with Gasteiger partial charge in [0.1, 0.15) is 0 Å². The van der Waals surface area contributed by atoms with E-state index in [1.165, 1.54) is 0 Å². The van der Waals surface area contributed by atoms with Crippen molar-refractivity contribution >= 4 is 0 Å². The fourth-order valence-electron chi connectivity index (χ4n) is 1.10. The van der Waals surface area contributed by atoms with E-state index in [9.17, 15) is 0 Å². The van der Waals surface area contributed by atoms with Gasteiger partial charge in [0.05, 0.1) is 30.9 Å². The smallest absolute Gasteiger partial charge is 0.231 e. The molecule has 0 N–H and O–H groups in total. The minimum Gasteiger partial charge on any atom is -0.480 e. The van der Waals surface area contributed by atoms with Crippen molar-refractivity contribution in [1.29, 1.82) is 0 Å². The van der Waals surface area contributed by atoms with Crippen LogP contribution in [-0.4, -0.2) is 27.0 Å².